The van der Waals surface area contributed by atoms with Gasteiger partial charge in [0.1, 0.15) is 36.6 Å². The summed E-state index contributed by atoms with van der Waals surface area (Å²) in [4.78, 5) is 0. The first-order valence-electron chi connectivity index (χ1n) is 9.98. The molecular weight excluding hydrogens is 424 g/mol. The molecule has 0 aliphatic carbocycles. The molecule has 0 rings (SSSR count). The molecule has 0 heterocycles. The van der Waals surface area contributed by atoms with Crippen molar-refractivity contribution in [2.75, 3.05) is 79.3 Å². The van der Waals surface area contributed by atoms with Crippen LogP contribution in [0.2, 0.25) is 0 Å². The molecule has 0 aliphatic rings. The minimum Gasteiger partial charge on any atom is -0.394 e. The summed E-state index contributed by atoms with van der Waals surface area (Å²) in [7, 11) is 0. The molecule has 0 saturated heterocycles. The van der Waals surface area contributed by atoms with E-state index < -0.39 is 56.4 Å². The van der Waals surface area contributed by atoms with Crippen molar-refractivity contribution in [1.82, 2.24) is 0 Å². The Balaban J connectivity index is 4.23. The summed E-state index contributed by atoms with van der Waals surface area (Å²) >= 11 is 0. The number of rotatable bonds is 22. The summed E-state index contributed by atoms with van der Waals surface area (Å²) in [5.74, 6) is 0. The molecule has 0 radical (unpaired) electrons. The molecule has 0 bridgehead atoms. The first-order chi connectivity index (χ1) is 14.9. The van der Waals surface area contributed by atoms with E-state index in [0.717, 1.165) is 0 Å². The van der Waals surface area contributed by atoms with Gasteiger partial charge < -0.3 is 64.5 Å². The van der Waals surface area contributed by atoms with Crippen LogP contribution in [0.3, 0.4) is 0 Å². The van der Waals surface area contributed by atoms with Gasteiger partial charge in [-0.25, -0.2) is 0 Å². The van der Waals surface area contributed by atoms with Crippen LogP contribution in [0.1, 0.15) is 0 Å². The number of ether oxygens (including phenoxy) is 5. The highest BCUT2D eigenvalue weighted by molar-refractivity contribution is 4.63. The molecule has 13 heteroatoms. The maximum Gasteiger partial charge on any atom is 0.104 e. The first kappa shape index (κ1) is 30.5. The molecule has 188 valence electrons. The Hall–Kier alpha value is -0.520. The van der Waals surface area contributed by atoms with Gasteiger partial charge >= 0.3 is 0 Å². The Morgan fingerprint density at radius 1 is 0.387 bits per heavy atom. The summed E-state index contributed by atoms with van der Waals surface area (Å²) in [5, 5.41) is 73.3. The van der Waals surface area contributed by atoms with Crippen LogP contribution in [-0.2, 0) is 23.7 Å². The molecule has 0 saturated carbocycles. The van der Waals surface area contributed by atoms with Crippen molar-refractivity contribution in [2.45, 2.75) is 36.6 Å². The van der Waals surface area contributed by atoms with Gasteiger partial charge in [0, 0.05) is 0 Å². The largest absolute Gasteiger partial charge is 0.394 e. The molecule has 0 aromatic heterocycles. The molecular formula is C18H38O13. The Morgan fingerprint density at radius 2 is 0.742 bits per heavy atom. The number of aliphatic hydroxyl groups is 8. The third-order valence-corrected chi connectivity index (χ3v) is 3.73. The highest BCUT2D eigenvalue weighted by atomic mass is 16.6. The van der Waals surface area contributed by atoms with Gasteiger partial charge in [0.2, 0.25) is 0 Å². The maximum atomic E-state index is 9.76. The fourth-order valence-corrected chi connectivity index (χ4v) is 2.00. The smallest absolute Gasteiger partial charge is 0.104 e. The van der Waals surface area contributed by atoms with E-state index in [9.17, 15) is 20.4 Å². The van der Waals surface area contributed by atoms with E-state index in [4.69, 9.17) is 44.1 Å². The van der Waals surface area contributed by atoms with Gasteiger partial charge in [0.15, 0.2) is 0 Å². The Bertz CT molecular complexity index is 389. The highest BCUT2D eigenvalue weighted by Gasteiger charge is 2.17. The third-order valence-electron chi connectivity index (χ3n) is 3.73. The SMILES string of the molecule is OCC(O)COCC(O)COC(CO)COCC(COCC(O)CO)OCC(O)CO. The first-order valence-corrected chi connectivity index (χ1v) is 9.98. The van der Waals surface area contributed by atoms with Crippen molar-refractivity contribution < 1.29 is 64.5 Å². The second kappa shape index (κ2) is 20.1. The van der Waals surface area contributed by atoms with Crippen LogP contribution in [-0.4, -0.2) is 157 Å². The molecule has 31 heavy (non-hydrogen) atoms. The van der Waals surface area contributed by atoms with E-state index in [2.05, 4.69) is 0 Å². The topological polar surface area (TPSA) is 208 Å². The van der Waals surface area contributed by atoms with E-state index in [1.54, 1.807) is 0 Å². The van der Waals surface area contributed by atoms with Crippen LogP contribution in [0.4, 0.5) is 0 Å². The Labute approximate surface area is 181 Å². The van der Waals surface area contributed by atoms with Crippen LogP contribution in [0.5, 0.6) is 0 Å². The van der Waals surface area contributed by atoms with Crippen LogP contribution in [0, 0.1) is 0 Å². The lowest BCUT2D eigenvalue weighted by Gasteiger charge is -2.22. The highest BCUT2D eigenvalue weighted by Crippen LogP contribution is 2.02. The monoisotopic (exact) mass is 462 g/mol. The summed E-state index contributed by atoms with van der Waals surface area (Å²) in [6, 6.07) is 0. The predicted octanol–water partition coefficient (Wildman–Crippen LogP) is -4.78. The summed E-state index contributed by atoms with van der Waals surface area (Å²) in [5.41, 5.74) is 0. The van der Waals surface area contributed by atoms with Crippen LogP contribution >= 0.6 is 0 Å². The van der Waals surface area contributed by atoms with Crippen LogP contribution in [0.25, 0.3) is 0 Å². The fourth-order valence-electron chi connectivity index (χ4n) is 2.00. The molecule has 0 aromatic carbocycles. The van der Waals surface area contributed by atoms with E-state index >= 15 is 0 Å². The third kappa shape index (κ3) is 17.7. The summed E-state index contributed by atoms with van der Waals surface area (Å²) in [6.45, 7) is -2.58. The fraction of sp³-hybridized carbons (Fsp3) is 1.00. The van der Waals surface area contributed by atoms with Crippen LogP contribution < -0.4 is 0 Å². The van der Waals surface area contributed by atoms with E-state index in [-0.39, 0.29) is 59.5 Å². The van der Waals surface area contributed by atoms with Crippen molar-refractivity contribution in [1.29, 1.82) is 0 Å². The van der Waals surface area contributed by atoms with E-state index in [1.165, 1.54) is 0 Å². The molecule has 0 amide bonds. The van der Waals surface area contributed by atoms with E-state index in [1.807, 2.05) is 0 Å². The van der Waals surface area contributed by atoms with Crippen molar-refractivity contribution in [2.24, 2.45) is 0 Å². The van der Waals surface area contributed by atoms with E-state index in [0.29, 0.717) is 0 Å². The molecule has 6 unspecified atom stereocenters. The Morgan fingerprint density at radius 3 is 1.26 bits per heavy atom. The van der Waals surface area contributed by atoms with Crippen molar-refractivity contribution in [3.05, 3.63) is 0 Å². The van der Waals surface area contributed by atoms with Gasteiger partial charge in [-0.3, -0.25) is 0 Å². The predicted molar refractivity (Wildman–Crippen MR) is 104 cm³/mol. The average Bonchev–Trinajstić information content (AvgIpc) is 2.78. The number of hydrogen-bond acceptors (Lipinski definition) is 13. The lowest BCUT2D eigenvalue weighted by Crippen LogP contribution is -2.35. The van der Waals surface area contributed by atoms with Gasteiger partial charge in [-0.2, -0.15) is 0 Å². The molecule has 0 spiro atoms. The lowest BCUT2D eigenvalue weighted by molar-refractivity contribution is -0.119. The second-order valence-electron chi connectivity index (χ2n) is 6.87. The summed E-state index contributed by atoms with van der Waals surface area (Å²) < 4.78 is 26.4. The number of aliphatic hydroxyl groups excluding tert-OH is 8. The zero-order valence-electron chi connectivity index (χ0n) is 17.6. The summed E-state index contributed by atoms with van der Waals surface area (Å²) in [6.07, 6.45) is -5.58. The zero-order valence-corrected chi connectivity index (χ0v) is 17.6. The lowest BCUT2D eigenvalue weighted by atomic mass is 10.3. The van der Waals surface area contributed by atoms with Gasteiger partial charge in [0.05, 0.1) is 79.3 Å². The molecule has 0 aliphatic heterocycles. The van der Waals surface area contributed by atoms with Gasteiger partial charge in [-0.1, -0.05) is 0 Å². The van der Waals surface area contributed by atoms with Crippen LogP contribution in [0.15, 0.2) is 0 Å². The number of hydrogen-bond donors (Lipinski definition) is 8. The van der Waals surface area contributed by atoms with Crippen molar-refractivity contribution >= 4 is 0 Å². The molecule has 0 fully saturated rings. The maximum absolute atomic E-state index is 9.76. The molecule has 0 aromatic rings. The van der Waals surface area contributed by atoms with Crippen molar-refractivity contribution in [3.63, 3.8) is 0 Å². The minimum atomic E-state index is -1.08. The quantitative estimate of drug-likeness (QED) is 0.0761. The minimum absolute atomic E-state index is 0.0159. The average molecular weight is 462 g/mol. The van der Waals surface area contributed by atoms with Gasteiger partial charge in [-0.15, -0.1) is 0 Å². The van der Waals surface area contributed by atoms with Crippen molar-refractivity contribution in [3.8, 4) is 0 Å². The molecule has 13 nitrogen and oxygen atoms in total. The second-order valence-corrected chi connectivity index (χ2v) is 6.87. The zero-order chi connectivity index (χ0) is 23.5. The van der Waals surface area contributed by atoms with Gasteiger partial charge in [-0.05, 0) is 0 Å². The standard InChI is InChI=1S/C18H38O13/c19-1-13(23)5-27-7-16(26)9-30-17(4-22)10-29-12-18(31-8-15(25)3-21)11-28-6-14(24)2-20/h13-26H,1-12H2. The van der Waals surface area contributed by atoms with Gasteiger partial charge in [0.25, 0.3) is 0 Å². The Kier molecular flexibility index (Phi) is 19.8. The normalized spacial score (nSPS) is 17.8. The molecule has 6 atom stereocenters. The molecule has 8 N–H and O–H groups in total.